The van der Waals surface area contributed by atoms with Crippen LogP contribution in [-0.2, 0) is 27.2 Å². The molecule has 0 radical (unpaired) electrons. The summed E-state index contributed by atoms with van der Waals surface area (Å²) >= 11 is 0. The van der Waals surface area contributed by atoms with Gasteiger partial charge in [-0.1, -0.05) is 18.2 Å². The highest BCUT2D eigenvalue weighted by molar-refractivity contribution is 5.93. The van der Waals surface area contributed by atoms with E-state index in [0.29, 0.717) is 19.5 Å². The van der Waals surface area contributed by atoms with Crippen molar-refractivity contribution in [1.29, 1.82) is 0 Å². The van der Waals surface area contributed by atoms with Gasteiger partial charge in [0.2, 0.25) is 17.7 Å². The van der Waals surface area contributed by atoms with E-state index in [1.807, 2.05) is 43.3 Å². The Balaban J connectivity index is 1.56. The number of likely N-dealkylation sites (N-methyl/N-ethyl adjacent to an activating group) is 1. The molecular formula is C29H39N5O4. The number of ether oxygens (including phenoxy) is 1. The standard InChI is InChI=1S/C29H39N5O4/c1-19-18-32-26(23-10-11-23)29(37)34(3)20(2)27(35)33-24(17-21-12-15-30-16-13-21)28(36)31-14-6-8-22-7-4-5-9-25(22)38-19/h4-5,7,9,12-13,15-16,19-20,23-24,26,32H,6,8,10-11,14,17-18H2,1-3H3,(H,31,36)(H,33,35)/t19-,20-,24-,26+/m1/s1. The number of aromatic nitrogens is 1. The number of aryl methyl sites for hydroxylation is 1. The fourth-order valence-corrected chi connectivity index (χ4v) is 4.72. The van der Waals surface area contributed by atoms with Gasteiger partial charge in [-0.3, -0.25) is 19.4 Å². The van der Waals surface area contributed by atoms with Crippen molar-refractivity contribution >= 4 is 17.7 Å². The third-order valence-corrected chi connectivity index (χ3v) is 7.34. The SMILES string of the molecule is C[C@@H]1CN[C@@H](C2CC2)C(=O)N(C)[C@H](C)C(=O)N[C@H](Cc2ccncc2)C(=O)NCCCc2ccccc2O1. The van der Waals surface area contributed by atoms with E-state index in [1.165, 1.54) is 4.90 Å². The molecule has 0 unspecified atom stereocenters. The van der Waals surface area contributed by atoms with Crippen LogP contribution in [0.15, 0.2) is 48.8 Å². The maximum atomic E-state index is 13.5. The summed E-state index contributed by atoms with van der Waals surface area (Å²) in [6.45, 7) is 4.66. The van der Waals surface area contributed by atoms with Crippen molar-refractivity contribution < 1.29 is 19.1 Å². The summed E-state index contributed by atoms with van der Waals surface area (Å²) < 4.78 is 6.25. The first-order valence-corrected chi connectivity index (χ1v) is 13.5. The average Bonchev–Trinajstić information content (AvgIpc) is 3.76. The number of hydrogen-bond donors (Lipinski definition) is 3. The lowest BCUT2D eigenvalue weighted by Crippen LogP contribution is -2.57. The van der Waals surface area contributed by atoms with Gasteiger partial charge in [0.05, 0.1) is 6.04 Å². The molecule has 4 rings (SSSR count). The van der Waals surface area contributed by atoms with Crippen LogP contribution >= 0.6 is 0 Å². The summed E-state index contributed by atoms with van der Waals surface area (Å²) in [4.78, 5) is 45.4. The molecule has 2 aliphatic rings. The number of carbonyl (C=O) groups is 3. The van der Waals surface area contributed by atoms with Gasteiger partial charge in [0.1, 0.15) is 23.9 Å². The molecule has 1 aromatic carbocycles. The quantitative estimate of drug-likeness (QED) is 0.568. The molecule has 9 heteroatoms. The molecule has 2 aromatic rings. The second-order valence-electron chi connectivity index (χ2n) is 10.4. The van der Waals surface area contributed by atoms with Gasteiger partial charge >= 0.3 is 0 Å². The molecule has 204 valence electrons. The third kappa shape index (κ3) is 7.31. The first-order valence-electron chi connectivity index (χ1n) is 13.5. The molecule has 3 amide bonds. The van der Waals surface area contributed by atoms with E-state index in [0.717, 1.165) is 42.6 Å². The summed E-state index contributed by atoms with van der Waals surface area (Å²) in [5.74, 6) is 0.316. The Morgan fingerprint density at radius 3 is 2.50 bits per heavy atom. The highest BCUT2D eigenvalue weighted by atomic mass is 16.5. The molecule has 0 saturated heterocycles. The van der Waals surface area contributed by atoms with Crippen molar-refractivity contribution in [2.45, 2.75) is 70.2 Å². The van der Waals surface area contributed by atoms with Crippen molar-refractivity contribution in [3.05, 3.63) is 59.9 Å². The molecule has 1 fully saturated rings. The average molecular weight is 522 g/mol. The molecule has 0 spiro atoms. The van der Waals surface area contributed by atoms with Crippen molar-refractivity contribution in [3.8, 4) is 5.75 Å². The summed E-state index contributed by atoms with van der Waals surface area (Å²) in [7, 11) is 1.65. The largest absolute Gasteiger partial charge is 0.489 e. The van der Waals surface area contributed by atoms with Crippen LogP contribution in [0.25, 0.3) is 0 Å². The molecule has 1 aromatic heterocycles. The van der Waals surface area contributed by atoms with Crippen LogP contribution in [0, 0.1) is 5.92 Å². The zero-order chi connectivity index (χ0) is 27.1. The summed E-state index contributed by atoms with van der Waals surface area (Å²) in [6.07, 6.45) is 6.92. The Morgan fingerprint density at radius 1 is 1.03 bits per heavy atom. The van der Waals surface area contributed by atoms with Gasteiger partial charge in [0, 0.05) is 39.0 Å². The predicted octanol–water partition coefficient (Wildman–Crippen LogP) is 1.85. The number of carbonyl (C=O) groups excluding carboxylic acids is 3. The summed E-state index contributed by atoms with van der Waals surface area (Å²) in [6, 6.07) is 9.69. The molecule has 1 saturated carbocycles. The highest BCUT2D eigenvalue weighted by Crippen LogP contribution is 2.33. The van der Waals surface area contributed by atoms with Crippen molar-refractivity contribution in [2.24, 2.45) is 5.92 Å². The molecule has 1 aliphatic heterocycles. The lowest BCUT2D eigenvalue weighted by atomic mass is 10.0. The van der Waals surface area contributed by atoms with E-state index in [2.05, 4.69) is 20.9 Å². The maximum Gasteiger partial charge on any atom is 0.243 e. The Bertz CT molecular complexity index is 1110. The van der Waals surface area contributed by atoms with E-state index < -0.39 is 12.1 Å². The number of rotatable bonds is 3. The van der Waals surface area contributed by atoms with Gasteiger partial charge in [0.25, 0.3) is 0 Å². The number of nitrogens with one attached hydrogen (secondary N) is 3. The predicted molar refractivity (Wildman–Crippen MR) is 144 cm³/mol. The monoisotopic (exact) mass is 521 g/mol. The van der Waals surface area contributed by atoms with Crippen molar-refractivity contribution in [1.82, 2.24) is 25.8 Å². The minimum absolute atomic E-state index is 0.126. The van der Waals surface area contributed by atoms with E-state index in [9.17, 15) is 14.4 Å². The molecule has 2 heterocycles. The second kappa shape index (κ2) is 12.9. The third-order valence-electron chi connectivity index (χ3n) is 7.34. The van der Waals surface area contributed by atoms with Crippen LogP contribution < -0.4 is 20.7 Å². The number of amides is 3. The van der Waals surface area contributed by atoms with Crippen LogP contribution in [0.4, 0.5) is 0 Å². The minimum Gasteiger partial charge on any atom is -0.489 e. The van der Waals surface area contributed by atoms with Crippen molar-refractivity contribution in [3.63, 3.8) is 0 Å². The van der Waals surface area contributed by atoms with Crippen LogP contribution in [0.5, 0.6) is 5.75 Å². The van der Waals surface area contributed by atoms with Crippen molar-refractivity contribution in [2.75, 3.05) is 20.1 Å². The lowest BCUT2D eigenvalue weighted by Gasteiger charge is -2.31. The van der Waals surface area contributed by atoms with Gasteiger partial charge in [-0.25, -0.2) is 0 Å². The Labute approximate surface area is 224 Å². The molecule has 3 N–H and O–H groups in total. The number of hydrogen-bond acceptors (Lipinski definition) is 6. The van der Waals surface area contributed by atoms with E-state index in [4.69, 9.17) is 4.74 Å². The van der Waals surface area contributed by atoms with Gasteiger partial charge in [-0.05, 0) is 74.8 Å². The fourth-order valence-electron chi connectivity index (χ4n) is 4.72. The molecule has 1 aliphatic carbocycles. The summed E-state index contributed by atoms with van der Waals surface area (Å²) in [5.41, 5.74) is 1.96. The lowest BCUT2D eigenvalue weighted by molar-refractivity contribution is -0.141. The number of benzene rings is 1. The van der Waals surface area contributed by atoms with Gasteiger partial charge in [-0.2, -0.15) is 0 Å². The minimum atomic E-state index is -0.774. The van der Waals surface area contributed by atoms with E-state index in [1.54, 1.807) is 26.4 Å². The van der Waals surface area contributed by atoms with E-state index in [-0.39, 0.29) is 35.8 Å². The molecular weight excluding hydrogens is 482 g/mol. The smallest absolute Gasteiger partial charge is 0.243 e. The van der Waals surface area contributed by atoms with Crippen LogP contribution in [0.1, 0.15) is 44.2 Å². The molecule has 38 heavy (non-hydrogen) atoms. The zero-order valence-electron chi connectivity index (χ0n) is 22.5. The first-order chi connectivity index (χ1) is 18.3. The van der Waals surface area contributed by atoms with Gasteiger partial charge < -0.3 is 25.6 Å². The van der Waals surface area contributed by atoms with E-state index >= 15 is 0 Å². The normalized spacial score (nSPS) is 26.3. The Morgan fingerprint density at radius 2 is 1.76 bits per heavy atom. The number of pyridine rings is 1. The number of fused-ring (bicyclic) bond motifs is 1. The maximum absolute atomic E-state index is 13.5. The first kappa shape index (κ1) is 27.6. The van der Waals surface area contributed by atoms with Crippen LogP contribution in [0.2, 0.25) is 0 Å². The Hall–Kier alpha value is -3.46. The topological polar surface area (TPSA) is 113 Å². The van der Waals surface area contributed by atoms with Gasteiger partial charge in [0.15, 0.2) is 0 Å². The van der Waals surface area contributed by atoms with Crippen LogP contribution in [0.3, 0.4) is 0 Å². The molecule has 0 bridgehead atoms. The summed E-state index contributed by atoms with van der Waals surface area (Å²) in [5, 5.41) is 9.29. The second-order valence-corrected chi connectivity index (χ2v) is 10.4. The highest BCUT2D eigenvalue weighted by Gasteiger charge is 2.39. The Kier molecular flexibility index (Phi) is 9.33. The molecule has 9 nitrogen and oxygen atoms in total. The zero-order valence-corrected chi connectivity index (χ0v) is 22.5. The van der Waals surface area contributed by atoms with Crippen LogP contribution in [-0.4, -0.2) is 72.0 Å². The number of nitrogens with zero attached hydrogens (tertiary/aromatic N) is 2. The number of para-hydroxylation sites is 1. The molecule has 4 atom stereocenters. The van der Waals surface area contributed by atoms with Gasteiger partial charge in [-0.15, -0.1) is 0 Å². The fraction of sp³-hybridized carbons (Fsp3) is 0.517.